The van der Waals surface area contributed by atoms with Gasteiger partial charge in [0.1, 0.15) is 0 Å². The van der Waals surface area contributed by atoms with Gasteiger partial charge in [0.2, 0.25) is 5.91 Å². The third-order valence-corrected chi connectivity index (χ3v) is 5.23. The first kappa shape index (κ1) is 14.3. The zero-order valence-electron chi connectivity index (χ0n) is 12.6. The molecule has 0 unspecified atom stereocenters. The van der Waals surface area contributed by atoms with Gasteiger partial charge in [-0.25, -0.2) is 0 Å². The van der Waals surface area contributed by atoms with E-state index in [1.54, 1.807) is 0 Å². The molecule has 0 aromatic carbocycles. The van der Waals surface area contributed by atoms with E-state index in [2.05, 4.69) is 9.80 Å². The molecule has 0 spiro atoms. The predicted molar refractivity (Wildman–Crippen MR) is 78.5 cm³/mol. The highest BCUT2D eigenvalue weighted by molar-refractivity contribution is 5.79. The minimum Gasteiger partial charge on any atom is -0.381 e. The van der Waals surface area contributed by atoms with Crippen LogP contribution in [0, 0.1) is 11.8 Å². The van der Waals surface area contributed by atoms with Gasteiger partial charge < -0.3 is 14.5 Å². The summed E-state index contributed by atoms with van der Waals surface area (Å²) in [5.74, 6) is 1.56. The number of carbonyl (C=O) groups is 1. The highest BCUT2D eigenvalue weighted by atomic mass is 16.5. The zero-order valence-corrected chi connectivity index (χ0v) is 12.6. The normalized spacial score (nSPS) is 29.2. The molecule has 1 aliphatic carbocycles. The average Bonchev–Trinajstić information content (AvgIpc) is 2.79. The molecule has 3 aliphatic rings. The van der Waals surface area contributed by atoms with Gasteiger partial charge in [0.05, 0.1) is 0 Å². The monoisotopic (exact) mass is 280 g/mol. The van der Waals surface area contributed by atoms with Crippen molar-refractivity contribution in [2.24, 2.45) is 11.8 Å². The van der Waals surface area contributed by atoms with E-state index < -0.39 is 0 Å². The molecule has 0 radical (unpaired) electrons. The van der Waals surface area contributed by atoms with Gasteiger partial charge in [0.25, 0.3) is 0 Å². The first-order chi connectivity index (χ1) is 9.83. The minimum atomic E-state index is 0.359. The van der Waals surface area contributed by atoms with Crippen molar-refractivity contribution in [3.05, 3.63) is 0 Å². The van der Waals surface area contributed by atoms with E-state index in [1.165, 1.54) is 25.8 Å². The van der Waals surface area contributed by atoms with Gasteiger partial charge in [-0.2, -0.15) is 0 Å². The SMILES string of the molecule is O=C(C1CCC1)N1CCCN(CC[C@@H]2CCOC2)CC1. The highest BCUT2D eigenvalue weighted by Crippen LogP contribution is 2.28. The Kier molecular flexibility index (Phi) is 4.94. The summed E-state index contributed by atoms with van der Waals surface area (Å²) in [6.45, 7) is 7.22. The van der Waals surface area contributed by atoms with E-state index in [9.17, 15) is 4.79 Å². The Morgan fingerprint density at radius 1 is 1.05 bits per heavy atom. The van der Waals surface area contributed by atoms with Crippen molar-refractivity contribution < 1.29 is 9.53 Å². The fourth-order valence-electron chi connectivity index (χ4n) is 3.50. The second-order valence-electron chi connectivity index (χ2n) is 6.67. The van der Waals surface area contributed by atoms with Gasteiger partial charge >= 0.3 is 0 Å². The van der Waals surface area contributed by atoms with Crippen molar-refractivity contribution in [2.45, 2.75) is 38.5 Å². The van der Waals surface area contributed by atoms with Gasteiger partial charge in [0.15, 0.2) is 0 Å². The molecule has 0 N–H and O–H groups in total. The van der Waals surface area contributed by atoms with Gasteiger partial charge in [-0.1, -0.05) is 6.42 Å². The van der Waals surface area contributed by atoms with Crippen LogP contribution in [0.1, 0.15) is 38.5 Å². The maximum atomic E-state index is 12.3. The van der Waals surface area contributed by atoms with E-state index in [4.69, 9.17) is 4.74 Å². The van der Waals surface area contributed by atoms with Crippen molar-refractivity contribution in [1.82, 2.24) is 9.80 Å². The van der Waals surface area contributed by atoms with Crippen LogP contribution in [-0.2, 0) is 9.53 Å². The lowest BCUT2D eigenvalue weighted by molar-refractivity contribution is -0.138. The largest absolute Gasteiger partial charge is 0.381 e. The average molecular weight is 280 g/mol. The van der Waals surface area contributed by atoms with Gasteiger partial charge in [-0.15, -0.1) is 0 Å². The topological polar surface area (TPSA) is 32.8 Å². The molecule has 2 heterocycles. The summed E-state index contributed by atoms with van der Waals surface area (Å²) in [5, 5.41) is 0. The van der Waals surface area contributed by atoms with Crippen molar-refractivity contribution in [3.63, 3.8) is 0 Å². The van der Waals surface area contributed by atoms with Crippen molar-refractivity contribution >= 4 is 5.91 Å². The Morgan fingerprint density at radius 2 is 1.95 bits per heavy atom. The van der Waals surface area contributed by atoms with Gasteiger partial charge in [-0.05, 0) is 51.1 Å². The number of nitrogens with zero attached hydrogens (tertiary/aromatic N) is 2. The molecule has 1 atom stereocenters. The molecule has 0 aromatic rings. The fraction of sp³-hybridized carbons (Fsp3) is 0.938. The lowest BCUT2D eigenvalue weighted by atomic mass is 9.84. The van der Waals surface area contributed by atoms with E-state index in [0.29, 0.717) is 11.8 Å². The lowest BCUT2D eigenvalue weighted by Crippen LogP contribution is -2.41. The Labute approximate surface area is 122 Å². The zero-order chi connectivity index (χ0) is 13.8. The van der Waals surface area contributed by atoms with Crippen LogP contribution >= 0.6 is 0 Å². The van der Waals surface area contributed by atoms with Crippen LogP contribution in [0.3, 0.4) is 0 Å². The third kappa shape index (κ3) is 3.53. The fourth-order valence-corrected chi connectivity index (χ4v) is 3.50. The molecule has 4 heteroatoms. The van der Waals surface area contributed by atoms with Crippen LogP contribution < -0.4 is 0 Å². The molecule has 0 bridgehead atoms. The molecule has 1 saturated carbocycles. The van der Waals surface area contributed by atoms with Crippen LogP contribution in [0.5, 0.6) is 0 Å². The number of rotatable bonds is 4. The van der Waals surface area contributed by atoms with Crippen LogP contribution in [-0.4, -0.2) is 61.6 Å². The summed E-state index contributed by atoms with van der Waals surface area (Å²) in [5.41, 5.74) is 0. The number of amides is 1. The summed E-state index contributed by atoms with van der Waals surface area (Å²) < 4.78 is 5.44. The maximum absolute atomic E-state index is 12.3. The molecule has 20 heavy (non-hydrogen) atoms. The summed E-state index contributed by atoms with van der Waals surface area (Å²) in [6, 6.07) is 0. The Morgan fingerprint density at radius 3 is 2.65 bits per heavy atom. The van der Waals surface area contributed by atoms with Crippen LogP contribution in [0.4, 0.5) is 0 Å². The van der Waals surface area contributed by atoms with E-state index >= 15 is 0 Å². The maximum Gasteiger partial charge on any atom is 0.225 e. The highest BCUT2D eigenvalue weighted by Gasteiger charge is 2.30. The number of hydrogen-bond donors (Lipinski definition) is 0. The van der Waals surface area contributed by atoms with E-state index in [-0.39, 0.29) is 0 Å². The van der Waals surface area contributed by atoms with Gasteiger partial charge in [-0.3, -0.25) is 4.79 Å². The predicted octanol–water partition coefficient (Wildman–Crippen LogP) is 1.75. The van der Waals surface area contributed by atoms with Crippen molar-refractivity contribution in [1.29, 1.82) is 0 Å². The number of carbonyl (C=O) groups excluding carboxylic acids is 1. The number of hydrogen-bond acceptors (Lipinski definition) is 3. The molecular formula is C16H28N2O2. The van der Waals surface area contributed by atoms with Crippen molar-refractivity contribution in [3.8, 4) is 0 Å². The molecule has 3 fully saturated rings. The molecule has 1 amide bonds. The Bertz CT molecular complexity index is 324. The standard InChI is InChI=1S/C16H28N2O2/c19-16(15-3-1-4-15)18-8-2-7-17(10-11-18)9-5-14-6-12-20-13-14/h14-15H,1-13H2/t14-/m1/s1. The Balaban J connectivity index is 1.40. The third-order valence-electron chi connectivity index (χ3n) is 5.23. The Hall–Kier alpha value is -0.610. The van der Waals surface area contributed by atoms with Crippen LogP contribution in [0.25, 0.3) is 0 Å². The molecule has 114 valence electrons. The number of ether oxygens (including phenoxy) is 1. The van der Waals surface area contributed by atoms with Crippen molar-refractivity contribution in [2.75, 3.05) is 45.9 Å². The van der Waals surface area contributed by atoms with Crippen LogP contribution in [0.15, 0.2) is 0 Å². The smallest absolute Gasteiger partial charge is 0.225 e. The first-order valence-electron chi connectivity index (χ1n) is 8.42. The molecular weight excluding hydrogens is 252 g/mol. The molecule has 3 rings (SSSR count). The second-order valence-corrected chi connectivity index (χ2v) is 6.67. The molecule has 0 aromatic heterocycles. The molecule has 2 aliphatic heterocycles. The lowest BCUT2D eigenvalue weighted by Gasteiger charge is -2.31. The summed E-state index contributed by atoms with van der Waals surface area (Å²) in [7, 11) is 0. The molecule has 4 nitrogen and oxygen atoms in total. The first-order valence-corrected chi connectivity index (χ1v) is 8.42. The quantitative estimate of drug-likeness (QED) is 0.786. The van der Waals surface area contributed by atoms with Gasteiger partial charge in [0, 0.05) is 38.8 Å². The summed E-state index contributed by atoms with van der Waals surface area (Å²) >= 11 is 0. The summed E-state index contributed by atoms with van der Waals surface area (Å²) in [4.78, 5) is 17.0. The van der Waals surface area contributed by atoms with Crippen LogP contribution in [0.2, 0.25) is 0 Å². The minimum absolute atomic E-state index is 0.359. The second kappa shape index (κ2) is 6.90. The van der Waals surface area contributed by atoms with E-state index in [1.807, 2.05) is 0 Å². The summed E-state index contributed by atoms with van der Waals surface area (Å²) in [6.07, 6.45) is 7.14. The molecule has 2 saturated heterocycles. The van der Waals surface area contributed by atoms with E-state index in [0.717, 1.165) is 64.6 Å².